The summed E-state index contributed by atoms with van der Waals surface area (Å²) in [5, 5.41) is 4.48. The van der Waals surface area contributed by atoms with E-state index in [2.05, 4.69) is 10.3 Å². The maximum absolute atomic E-state index is 13.4. The van der Waals surface area contributed by atoms with Crippen molar-refractivity contribution in [3.63, 3.8) is 0 Å². The van der Waals surface area contributed by atoms with Gasteiger partial charge in [0.2, 0.25) is 5.91 Å². The second-order valence-electron chi connectivity index (χ2n) is 8.30. The number of nitrogens with zero attached hydrogens (tertiary/aromatic N) is 3. The number of hydrogen-bond acceptors (Lipinski definition) is 6. The number of carbonyl (C=O) groups excluding carboxylic acids is 1. The normalized spacial score (nSPS) is 13.7. The highest BCUT2D eigenvalue weighted by molar-refractivity contribution is 8.00. The van der Waals surface area contributed by atoms with Crippen LogP contribution in [0.5, 0.6) is 0 Å². The molecule has 1 N–H and O–H groups in total. The fourth-order valence-electron chi connectivity index (χ4n) is 4.18. The molecule has 0 bridgehead atoms. The van der Waals surface area contributed by atoms with Gasteiger partial charge in [-0.15, -0.1) is 0 Å². The van der Waals surface area contributed by atoms with Gasteiger partial charge < -0.3 is 15.0 Å². The third-order valence-electron chi connectivity index (χ3n) is 5.85. The molecule has 2 aromatic heterocycles. The lowest BCUT2D eigenvalue weighted by Crippen LogP contribution is -2.41. The van der Waals surface area contributed by atoms with Gasteiger partial charge in [0, 0.05) is 36.2 Å². The average Bonchev–Trinajstić information content (AvgIpc) is 2.88. The minimum absolute atomic E-state index is 0.0282. The Morgan fingerprint density at radius 3 is 2.43 bits per heavy atom. The lowest BCUT2D eigenvalue weighted by atomic mass is 10.2. The van der Waals surface area contributed by atoms with Crippen LogP contribution in [0, 0.1) is 6.92 Å². The summed E-state index contributed by atoms with van der Waals surface area (Å²) in [4.78, 5) is 32.7. The zero-order valence-electron chi connectivity index (χ0n) is 19.4. The van der Waals surface area contributed by atoms with E-state index < -0.39 is 0 Å². The van der Waals surface area contributed by atoms with E-state index >= 15 is 0 Å². The Kier molecular flexibility index (Phi) is 6.83. The van der Waals surface area contributed by atoms with Gasteiger partial charge in [-0.25, -0.2) is 4.98 Å². The number of thioether (sulfide) groups is 1. The van der Waals surface area contributed by atoms with E-state index in [1.54, 1.807) is 11.0 Å². The molecule has 0 radical (unpaired) electrons. The van der Waals surface area contributed by atoms with Crippen molar-refractivity contribution in [1.29, 1.82) is 0 Å². The summed E-state index contributed by atoms with van der Waals surface area (Å²) in [5.74, 6) is 0.909. The van der Waals surface area contributed by atoms with Gasteiger partial charge >= 0.3 is 0 Å². The van der Waals surface area contributed by atoms with Crippen LogP contribution in [-0.4, -0.2) is 52.4 Å². The van der Waals surface area contributed by atoms with Crippen molar-refractivity contribution in [3.05, 3.63) is 88.7 Å². The van der Waals surface area contributed by atoms with Crippen LogP contribution in [0.3, 0.4) is 0 Å². The standard InChI is InChI=1S/C27H26N4O3S/c1-19-16-22-26(27(28-19)35-18-25(33)30-12-14-34-15-13-30)23(32)17-24(29-20-8-4-2-5-9-20)31(22)21-10-6-3-7-11-21/h2-11,16-17,29H,12-15,18H2,1H3. The lowest BCUT2D eigenvalue weighted by Gasteiger charge is -2.26. The van der Waals surface area contributed by atoms with Crippen LogP contribution in [0.4, 0.5) is 11.5 Å². The summed E-state index contributed by atoms with van der Waals surface area (Å²) >= 11 is 1.32. The van der Waals surface area contributed by atoms with Crippen LogP contribution in [0.25, 0.3) is 16.6 Å². The van der Waals surface area contributed by atoms with E-state index in [9.17, 15) is 9.59 Å². The number of aryl methyl sites for hydroxylation is 1. The van der Waals surface area contributed by atoms with E-state index in [0.717, 1.165) is 22.6 Å². The summed E-state index contributed by atoms with van der Waals surface area (Å²) in [6, 6.07) is 23.2. The maximum Gasteiger partial charge on any atom is 0.233 e. The highest BCUT2D eigenvalue weighted by atomic mass is 32.2. The molecule has 178 valence electrons. The molecule has 5 rings (SSSR count). The number of benzene rings is 2. The Bertz CT molecular complexity index is 1400. The maximum atomic E-state index is 13.4. The third-order valence-corrected chi connectivity index (χ3v) is 6.81. The SMILES string of the molecule is Cc1cc2c(c(SCC(=O)N3CCOCC3)n1)c(=O)cc(Nc1ccccc1)n2-c1ccccc1. The molecule has 7 nitrogen and oxygen atoms in total. The van der Waals surface area contributed by atoms with Crippen molar-refractivity contribution in [1.82, 2.24) is 14.5 Å². The van der Waals surface area contributed by atoms with Crippen LogP contribution in [-0.2, 0) is 9.53 Å². The number of ether oxygens (including phenoxy) is 1. The molecule has 1 saturated heterocycles. The van der Waals surface area contributed by atoms with Gasteiger partial charge in [0.05, 0.1) is 29.9 Å². The minimum Gasteiger partial charge on any atom is -0.378 e. The van der Waals surface area contributed by atoms with Crippen molar-refractivity contribution in [3.8, 4) is 5.69 Å². The largest absolute Gasteiger partial charge is 0.378 e. The Morgan fingerprint density at radius 2 is 1.71 bits per heavy atom. The van der Waals surface area contributed by atoms with Crippen LogP contribution >= 0.6 is 11.8 Å². The third kappa shape index (κ3) is 5.08. The Labute approximate surface area is 207 Å². The molecule has 0 saturated carbocycles. The van der Waals surface area contributed by atoms with Crippen molar-refractivity contribution in [2.24, 2.45) is 0 Å². The fourth-order valence-corrected chi connectivity index (χ4v) is 5.18. The fraction of sp³-hybridized carbons (Fsp3) is 0.222. The number of para-hydroxylation sites is 2. The van der Waals surface area contributed by atoms with Crippen molar-refractivity contribution >= 4 is 40.1 Å². The van der Waals surface area contributed by atoms with Crippen LogP contribution in [0.15, 0.2) is 82.6 Å². The molecular formula is C27H26N4O3S. The summed E-state index contributed by atoms with van der Waals surface area (Å²) in [7, 11) is 0. The molecule has 1 aliphatic heterocycles. The first-order valence-corrected chi connectivity index (χ1v) is 12.5. The first-order chi connectivity index (χ1) is 17.1. The van der Waals surface area contributed by atoms with E-state index in [1.807, 2.05) is 78.2 Å². The molecular weight excluding hydrogens is 460 g/mol. The lowest BCUT2D eigenvalue weighted by molar-refractivity contribution is -0.132. The number of nitrogens with one attached hydrogen (secondary N) is 1. The number of carbonyl (C=O) groups is 1. The molecule has 3 heterocycles. The number of morpholine rings is 1. The van der Waals surface area contributed by atoms with E-state index in [-0.39, 0.29) is 17.1 Å². The molecule has 0 spiro atoms. The molecule has 0 unspecified atom stereocenters. The molecule has 1 amide bonds. The summed E-state index contributed by atoms with van der Waals surface area (Å²) in [6.07, 6.45) is 0. The van der Waals surface area contributed by atoms with E-state index in [1.165, 1.54) is 11.8 Å². The first kappa shape index (κ1) is 23.1. The number of fused-ring (bicyclic) bond motifs is 1. The van der Waals surface area contributed by atoms with Crippen LogP contribution in [0.1, 0.15) is 5.69 Å². The monoisotopic (exact) mass is 486 g/mol. The molecule has 0 aliphatic carbocycles. The quantitative estimate of drug-likeness (QED) is 0.408. The number of hydrogen-bond donors (Lipinski definition) is 1. The molecule has 4 aromatic rings. The Morgan fingerprint density at radius 1 is 1.03 bits per heavy atom. The van der Waals surface area contributed by atoms with Crippen molar-refractivity contribution in [2.45, 2.75) is 11.9 Å². The average molecular weight is 487 g/mol. The van der Waals surface area contributed by atoms with Gasteiger partial charge in [0.15, 0.2) is 5.43 Å². The van der Waals surface area contributed by atoms with Crippen molar-refractivity contribution < 1.29 is 9.53 Å². The highest BCUT2D eigenvalue weighted by Gasteiger charge is 2.20. The van der Waals surface area contributed by atoms with E-state index in [0.29, 0.717) is 42.5 Å². The molecule has 1 fully saturated rings. The summed E-state index contributed by atoms with van der Waals surface area (Å²) in [6.45, 7) is 4.21. The predicted molar refractivity (Wildman–Crippen MR) is 140 cm³/mol. The van der Waals surface area contributed by atoms with Gasteiger partial charge in [-0.2, -0.15) is 0 Å². The number of anilines is 2. The van der Waals surface area contributed by atoms with E-state index in [4.69, 9.17) is 4.74 Å². The second-order valence-corrected chi connectivity index (χ2v) is 9.26. The smallest absolute Gasteiger partial charge is 0.233 e. The van der Waals surface area contributed by atoms with Crippen molar-refractivity contribution in [2.75, 3.05) is 37.4 Å². The Balaban J connectivity index is 1.60. The van der Waals surface area contributed by atoms with Gasteiger partial charge in [0.25, 0.3) is 0 Å². The molecule has 2 aromatic carbocycles. The van der Waals surface area contributed by atoms with Crippen LogP contribution in [0.2, 0.25) is 0 Å². The number of rotatable bonds is 6. The molecule has 1 aliphatic rings. The summed E-state index contributed by atoms with van der Waals surface area (Å²) in [5.41, 5.74) is 3.18. The minimum atomic E-state index is -0.139. The number of amides is 1. The number of pyridine rings is 2. The van der Waals surface area contributed by atoms with Gasteiger partial charge in [-0.1, -0.05) is 48.2 Å². The predicted octanol–water partition coefficient (Wildman–Crippen LogP) is 4.39. The van der Waals surface area contributed by atoms with Gasteiger partial charge in [0.1, 0.15) is 10.8 Å². The molecule has 35 heavy (non-hydrogen) atoms. The topological polar surface area (TPSA) is 76.5 Å². The van der Waals surface area contributed by atoms with Gasteiger partial charge in [-0.05, 0) is 37.3 Å². The van der Waals surface area contributed by atoms with Gasteiger partial charge in [-0.3, -0.25) is 14.2 Å². The Hall–Kier alpha value is -3.62. The second kappa shape index (κ2) is 10.3. The number of aromatic nitrogens is 2. The summed E-state index contributed by atoms with van der Waals surface area (Å²) < 4.78 is 7.38. The zero-order chi connectivity index (χ0) is 24.2. The zero-order valence-corrected chi connectivity index (χ0v) is 20.3. The first-order valence-electron chi connectivity index (χ1n) is 11.5. The molecule has 0 atom stereocenters. The van der Waals surface area contributed by atoms with Crippen LogP contribution < -0.4 is 10.7 Å². The molecule has 8 heteroatoms. The highest BCUT2D eigenvalue weighted by Crippen LogP contribution is 2.30.